The molecule has 2 aromatic heterocycles. The lowest BCUT2D eigenvalue weighted by molar-refractivity contribution is 0.0524. The molecule has 4 heterocycles. The Morgan fingerprint density at radius 1 is 1.12 bits per heavy atom. The SMILES string of the molecule is O=C(c1ccc2cnsc2c1)N1C[C@@H]2C[C@H]1CN2C(=O)c1cscc1F. The third-order valence-corrected chi connectivity index (χ3v) is 6.69. The molecule has 2 atom stereocenters. The monoisotopic (exact) mass is 387 g/mol. The highest BCUT2D eigenvalue weighted by molar-refractivity contribution is 7.13. The Labute approximate surface area is 156 Å². The van der Waals surface area contributed by atoms with E-state index >= 15 is 0 Å². The molecule has 3 aromatic rings. The molecule has 2 aliphatic heterocycles. The smallest absolute Gasteiger partial charge is 0.258 e. The Hall–Kier alpha value is -2.32. The minimum Gasteiger partial charge on any atom is -0.332 e. The van der Waals surface area contributed by atoms with Crippen molar-refractivity contribution >= 4 is 44.8 Å². The Morgan fingerprint density at radius 2 is 1.88 bits per heavy atom. The van der Waals surface area contributed by atoms with Crippen LogP contribution in [-0.4, -0.2) is 51.2 Å². The molecule has 0 aliphatic carbocycles. The number of benzene rings is 1. The Balaban J connectivity index is 1.34. The van der Waals surface area contributed by atoms with Crippen LogP contribution in [0.25, 0.3) is 10.1 Å². The first kappa shape index (κ1) is 15.9. The van der Waals surface area contributed by atoms with Crippen LogP contribution in [0.5, 0.6) is 0 Å². The van der Waals surface area contributed by atoms with Crippen LogP contribution in [0, 0.1) is 5.82 Å². The number of hydrogen-bond acceptors (Lipinski definition) is 5. The number of amides is 2. The van der Waals surface area contributed by atoms with Gasteiger partial charge in [0.15, 0.2) is 0 Å². The van der Waals surface area contributed by atoms with Crippen LogP contribution in [0.2, 0.25) is 0 Å². The van der Waals surface area contributed by atoms with E-state index in [2.05, 4.69) is 4.37 Å². The molecule has 0 N–H and O–H groups in total. The van der Waals surface area contributed by atoms with Crippen LogP contribution in [0.1, 0.15) is 27.1 Å². The molecule has 2 amide bonds. The van der Waals surface area contributed by atoms with Crippen molar-refractivity contribution in [2.24, 2.45) is 0 Å². The topological polar surface area (TPSA) is 53.5 Å². The number of thiophene rings is 1. The van der Waals surface area contributed by atoms with Gasteiger partial charge in [-0.25, -0.2) is 4.39 Å². The van der Waals surface area contributed by atoms with Crippen molar-refractivity contribution in [2.45, 2.75) is 18.5 Å². The molecule has 2 aliphatic rings. The van der Waals surface area contributed by atoms with Crippen LogP contribution in [0.3, 0.4) is 0 Å². The second kappa shape index (κ2) is 5.85. The van der Waals surface area contributed by atoms with Crippen LogP contribution < -0.4 is 0 Å². The average molecular weight is 387 g/mol. The summed E-state index contributed by atoms with van der Waals surface area (Å²) in [6, 6.07) is 5.58. The maximum atomic E-state index is 13.7. The first-order valence-electron chi connectivity index (χ1n) is 8.30. The van der Waals surface area contributed by atoms with Crippen molar-refractivity contribution in [3.05, 3.63) is 52.1 Å². The highest BCUT2D eigenvalue weighted by Gasteiger charge is 2.47. The van der Waals surface area contributed by atoms with E-state index in [0.29, 0.717) is 18.7 Å². The number of aromatic nitrogens is 1. The van der Waals surface area contributed by atoms with Gasteiger partial charge in [0.1, 0.15) is 5.82 Å². The highest BCUT2D eigenvalue weighted by atomic mass is 32.1. The van der Waals surface area contributed by atoms with Gasteiger partial charge in [-0.05, 0) is 30.1 Å². The standard InChI is InChI=1S/C18H14FN3O2S2/c19-15-9-25-8-14(15)18(24)22-7-12-4-13(22)6-21(12)17(23)10-1-2-11-5-20-26-16(11)3-10/h1-3,5,8-9,12-13H,4,6-7H2/t12-,13-/m0/s1. The maximum absolute atomic E-state index is 13.7. The Bertz CT molecular complexity index is 1030. The molecule has 26 heavy (non-hydrogen) atoms. The predicted octanol–water partition coefficient (Wildman–Crippen LogP) is 3.24. The zero-order chi connectivity index (χ0) is 17.8. The summed E-state index contributed by atoms with van der Waals surface area (Å²) in [5, 5.41) is 3.92. The lowest BCUT2D eigenvalue weighted by Gasteiger charge is -2.34. The van der Waals surface area contributed by atoms with Gasteiger partial charge in [0.25, 0.3) is 11.8 Å². The lowest BCUT2D eigenvalue weighted by atomic mass is 10.1. The van der Waals surface area contributed by atoms with Crippen LogP contribution in [0.15, 0.2) is 35.2 Å². The van der Waals surface area contributed by atoms with E-state index in [9.17, 15) is 14.0 Å². The fourth-order valence-electron chi connectivity index (χ4n) is 3.91. The summed E-state index contributed by atoms with van der Waals surface area (Å²) in [5.41, 5.74) is 0.784. The number of piperazine rings is 1. The Morgan fingerprint density at radius 3 is 2.58 bits per heavy atom. The molecule has 5 rings (SSSR count). The normalized spacial score (nSPS) is 21.7. The molecule has 0 saturated carbocycles. The van der Waals surface area contributed by atoms with Crippen LogP contribution >= 0.6 is 22.9 Å². The van der Waals surface area contributed by atoms with E-state index < -0.39 is 5.82 Å². The summed E-state index contributed by atoms with van der Waals surface area (Å²) in [4.78, 5) is 29.0. The van der Waals surface area contributed by atoms with Gasteiger partial charge in [-0.2, -0.15) is 4.37 Å². The molecule has 2 fully saturated rings. The first-order valence-corrected chi connectivity index (χ1v) is 10.0. The van der Waals surface area contributed by atoms with Crippen LogP contribution in [0.4, 0.5) is 4.39 Å². The molecule has 0 unspecified atom stereocenters. The van der Waals surface area contributed by atoms with E-state index in [1.807, 2.05) is 23.1 Å². The van der Waals surface area contributed by atoms with Gasteiger partial charge < -0.3 is 9.80 Å². The predicted molar refractivity (Wildman–Crippen MR) is 98.2 cm³/mol. The van der Waals surface area contributed by atoms with E-state index in [1.165, 1.54) is 28.2 Å². The maximum Gasteiger partial charge on any atom is 0.258 e. The van der Waals surface area contributed by atoms with E-state index in [1.54, 1.807) is 16.5 Å². The minimum atomic E-state index is -0.464. The molecular weight excluding hydrogens is 373 g/mol. The molecule has 1 aromatic carbocycles. The number of likely N-dealkylation sites (tertiary alicyclic amines) is 2. The van der Waals surface area contributed by atoms with E-state index in [4.69, 9.17) is 0 Å². The highest BCUT2D eigenvalue weighted by Crippen LogP contribution is 2.34. The van der Waals surface area contributed by atoms with Gasteiger partial charge >= 0.3 is 0 Å². The minimum absolute atomic E-state index is 0.00435. The zero-order valence-electron chi connectivity index (χ0n) is 13.6. The summed E-state index contributed by atoms with van der Waals surface area (Å²) in [5.74, 6) is -0.746. The number of halogens is 1. The van der Waals surface area contributed by atoms with Crippen molar-refractivity contribution in [3.63, 3.8) is 0 Å². The number of rotatable bonds is 2. The summed E-state index contributed by atoms with van der Waals surface area (Å²) < 4.78 is 18.8. The Kier molecular flexibility index (Phi) is 3.58. The van der Waals surface area contributed by atoms with Crippen molar-refractivity contribution in [2.75, 3.05) is 13.1 Å². The molecule has 0 radical (unpaired) electrons. The molecule has 132 valence electrons. The largest absolute Gasteiger partial charge is 0.332 e. The molecule has 8 heteroatoms. The number of nitrogens with zero attached hydrogens (tertiary/aromatic N) is 3. The molecule has 0 spiro atoms. The third kappa shape index (κ3) is 2.36. The number of carbonyl (C=O) groups is 2. The van der Waals surface area contributed by atoms with Gasteiger partial charge in [-0.3, -0.25) is 9.59 Å². The van der Waals surface area contributed by atoms with Crippen molar-refractivity contribution in [1.29, 1.82) is 0 Å². The first-order chi connectivity index (χ1) is 12.6. The zero-order valence-corrected chi connectivity index (χ0v) is 15.2. The fourth-order valence-corrected chi connectivity index (χ4v) is 5.26. The van der Waals surface area contributed by atoms with Gasteiger partial charge in [-0.15, -0.1) is 11.3 Å². The lowest BCUT2D eigenvalue weighted by Crippen LogP contribution is -2.50. The second-order valence-corrected chi connectivity index (χ2v) is 8.25. The molecule has 5 nitrogen and oxygen atoms in total. The number of fused-ring (bicyclic) bond motifs is 3. The molecule has 2 bridgehead atoms. The van der Waals surface area contributed by atoms with Gasteiger partial charge in [-0.1, -0.05) is 6.07 Å². The summed E-state index contributed by atoms with van der Waals surface area (Å²) in [7, 11) is 0. The average Bonchev–Trinajstić information content (AvgIpc) is 3.42. The number of hydrogen-bond donors (Lipinski definition) is 0. The van der Waals surface area contributed by atoms with Gasteiger partial charge in [0.2, 0.25) is 0 Å². The van der Waals surface area contributed by atoms with Gasteiger partial charge in [0, 0.05) is 41.0 Å². The quantitative estimate of drug-likeness (QED) is 0.678. The molecular formula is C18H14FN3O2S2. The summed E-state index contributed by atoms with van der Waals surface area (Å²) in [6.07, 6.45) is 2.55. The second-order valence-electron chi connectivity index (χ2n) is 6.67. The van der Waals surface area contributed by atoms with Crippen molar-refractivity contribution in [3.8, 4) is 0 Å². The molecule has 2 saturated heterocycles. The van der Waals surface area contributed by atoms with Crippen molar-refractivity contribution in [1.82, 2.24) is 14.2 Å². The van der Waals surface area contributed by atoms with Crippen molar-refractivity contribution < 1.29 is 14.0 Å². The summed E-state index contributed by atoms with van der Waals surface area (Å²) >= 11 is 2.56. The van der Waals surface area contributed by atoms with Gasteiger partial charge in [0.05, 0.1) is 22.3 Å². The fraction of sp³-hybridized carbons (Fsp3) is 0.278. The summed E-state index contributed by atoms with van der Waals surface area (Å²) in [6.45, 7) is 0.967. The van der Waals surface area contributed by atoms with E-state index in [0.717, 1.165) is 16.5 Å². The third-order valence-electron chi connectivity index (χ3n) is 5.21. The van der Waals surface area contributed by atoms with Crippen LogP contribution in [-0.2, 0) is 0 Å². The number of carbonyl (C=O) groups excluding carboxylic acids is 2. The van der Waals surface area contributed by atoms with E-state index in [-0.39, 0.29) is 29.5 Å².